The summed E-state index contributed by atoms with van der Waals surface area (Å²) in [4.78, 5) is 13.5. The highest BCUT2D eigenvalue weighted by Crippen LogP contribution is 2.26. The number of nitrogens with one attached hydrogen (secondary N) is 1. The summed E-state index contributed by atoms with van der Waals surface area (Å²) in [6.07, 6.45) is 0. The smallest absolute Gasteiger partial charge is 0.352 e. The molecule has 2 rings (SSSR count). The van der Waals surface area contributed by atoms with E-state index in [1.165, 1.54) is 0 Å². The molecular formula is C10H8ClNO2. The predicted octanol–water partition coefficient (Wildman–Crippen LogP) is 2.83. The molecule has 0 bridgehead atoms. The average molecular weight is 210 g/mol. The molecule has 0 saturated carbocycles. The minimum atomic E-state index is -0.975. The second-order valence-electron chi connectivity index (χ2n) is 3.14. The minimum Gasteiger partial charge on any atom is -0.477 e. The lowest BCUT2D eigenvalue weighted by Gasteiger charge is -1.96. The number of benzene rings is 1. The Balaban J connectivity index is 2.82. The number of fused-ring (bicyclic) bond motifs is 1. The number of aryl methyl sites for hydroxylation is 1. The normalized spacial score (nSPS) is 10.7. The van der Waals surface area contributed by atoms with Crippen molar-refractivity contribution in [2.45, 2.75) is 6.92 Å². The van der Waals surface area contributed by atoms with Gasteiger partial charge in [-0.25, -0.2) is 4.79 Å². The summed E-state index contributed by atoms with van der Waals surface area (Å²) in [5.74, 6) is -0.975. The highest BCUT2D eigenvalue weighted by molar-refractivity contribution is 6.35. The summed E-state index contributed by atoms with van der Waals surface area (Å²) in [5, 5.41) is 10.2. The summed E-state index contributed by atoms with van der Waals surface area (Å²) < 4.78 is 0. The summed E-state index contributed by atoms with van der Waals surface area (Å²) in [7, 11) is 0. The molecule has 0 aliphatic rings. The maximum atomic E-state index is 10.7. The predicted molar refractivity (Wildman–Crippen MR) is 55.0 cm³/mol. The van der Waals surface area contributed by atoms with Gasteiger partial charge in [0.1, 0.15) is 5.69 Å². The van der Waals surface area contributed by atoms with Crippen molar-refractivity contribution < 1.29 is 9.90 Å². The van der Waals surface area contributed by atoms with Gasteiger partial charge in [0.05, 0.1) is 10.5 Å². The Morgan fingerprint density at radius 3 is 2.79 bits per heavy atom. The van der Waals surface area contributed by atoms with Crippen LogP contribution in [0.2, 0.25) is 5.02 Å². The number of rotatable bonds is 1. The summed E-state index contributed by atoms with van der Waals surface area (Å²) in [6, 6.07) is 5.21. The molecule has 3 nitrogen and oxygen atoms in total. The van der Waals surface area contributed by atoms with E-state index in [2.05, 4.69) is 4.98 Å². The van der Waals surface area contributed by atoms with Crippen LogP contribution in [0.1, 0.15) is 16.1 Å². The van der Waals surface area contributed by atoms with Gasteiger partial charge in [-0.15, -0.1) is 0 Å². The van der Waals surface area contributed by atoms with Gasteiger partial charge >= 0.3 is 5.97 Å². The van der Waals surface area contributed by atoms with Gasteiger partial charge in [0.2, 0.25) is 0 Å². The van der Waals surface area contributed by atoms with Gasteiger partial charge in [-0.05, 0) is 24.6 Å². The van der Waals surface area contributed by atoms with Gasteiger partial charge in [-0.2, -0.15) is 0 Å². The second-order valence-corrected chi connectivity index (χ2v) is 3.55. The van der Waals surface area contributed by atoms with Crippen LogP contribution in [0.4, 0.5) is 0 Å². The van der Waals surface area contributed by atoms with Crippen molar-refractivity contribution in [3.05, 3.63) is 34.5 Å². The third-order valence-corrected chi connectivity index (χ3v) is 2.51. The fourth-order valence-electron chi connectivity index (χ4n) is 1.44. The van der Waals surface area contributed by atoms with E-state index in [1.807, 2.05) is 13.0 Å². The highest BCUT2D eigenvalue weighted by Gasteiger charge is 2.10. The number of aromatic nitrogens is 1. The van der Waals surface area contributed by atoms with Crippen LogP contribution in [-0.4, -0.2) is 16.1 Å². The molecule has 0 amide bonds. The van der Waals surface area contributed by atoms with Crippen molar-refractivity contribution in [3.8, 4) is 0 Å². The standard InChI is InChI=1S/C10H8ClNO2/c1-5-2-3-7(11)9-6(5)4-8(12-9)10(13)14/h2-4,12H,1H3,(H,13,14). The molecule has 0 atom stereocenters. The van der Waals surface area contributed by atoms with Crippen molar-refractivity contribution in [2.24, 2.45) is 0 Å². The zero-order chi connectivity index (χ0) is 10.3. The number of carbonyl (C=O) groups is 1. The molecule has 0 aliphatic heterocycles. The SMILES string of the molecule is Cc1ccc(Cl)c2[nH]c(C(=O)O)cc12. The zero-order valence-electron chi connectivity index (χ0n) is 7.47. The molecule has 2 aromatic rings. The zero-order valence-corrected chi connectivity index (χ0v) is 8.22. The molecule has 0 saturated heterocycles. The Bertz CT molecular complexity index is 477. The Labute approximate surface area is 85.3 Å². The van der Waals surface area contributed by atoms with E-state index < -0.39 is 5.97 Å². The maximum absolute atomic E-state index is 10.7. The lowest BCUT2D eigenvalue weighted by Crippen LogP contribution is -1.94. The first-order chi connectivity index (χ1) is 6.59. The van der Waals surface area contributed by atoms with Crippen LogP contribution in [0.5, 0.6) is 0 Å². The molecule has 0 unspecified atom stereocenters. The number of aromatic carboxylic acids is 1. The van der Waals surface area contributed by atoms with Crippen LogP contribution < -0.4 is 0 Å². The quantitative estimate of drug-likeness (QED) is 0.759. The molecule has 0 aliphatic carbocycles. The summed E-state index contributed by atoms with van der Waals surface area (Å²) >= 11 is 5.92. The Morgan fingerprint density at radius 2 is 2.21 bits per heavy atom. The average Bonchev–Trinajstić information content (AvgIpc) is 2.57. The molecule has 1 aromatic heterocycles. The fraction of sp³-hybridized carbons (Fsp3) is 0.100. The Kier molecular flexibility index (Phi) is 1.97. The molecule has 2 N–H and O–H groups in total. The molecule has 14 heavy (non-hydrogen) atoms. The molecule has 0 fully saturated rings. The molecule has 1 heterocycles. The van der Waals surface area contributed by atoms with E-state index in [-0.39, 0.29) is 5.69 Å². The van der Waals surface area contributed by atoms with Crippen molar-refractivity contribution in [3.63, 3.8) is 0 Å². The monoisotopic (exact) mass is 209 g/mol. The lowest BCUT2D eigenvalue weighted by molar-refractivity contribution is 0.0691. The fourth-order valence-corrected chi connectivity index (χ4v) is 1.65. The van der Waals surface area contributed by atoms with E-state index in [1.54, 1.807) is 12.1 Å². The number of hydrogen-bond acceptors (Lipinski definition) is 1. The molecule has 4 heteroatoms. The van der Waals surface area contributed by atoms with Crippen molar-refractivity contribution in [2.75, 3.05) is 0 Å². The Hall–Kier alpha value is -1.48. The number of carboxylic acids is 1. The lowest BCUT2D eigenvalue weighted by atomic mass is 10.1. The number of aromatic amines is 1. The molecule has 1 aromatic carbocycles. The van der Waals surface area contributed by atoms with E-state index in [9.17, 15) is 4.79 Å². The van der Waals surface area contributed by atoms with E-state index >= 15 is 0 Å². The van der Waals surface area contributed by atoms with Gasteiger partial charge in [0.15, 0.2) is 0 Å². The number of H-pyrrole nitrogens is 1. The largest absolute Gasteiger partial charge is 0.477 e. The van der Waals surface area contributed by atoms with E-state index in [0.717, 1.165) is 10.9 Å². The highest BCUT2D eigenvalue weighted by atomic mass is 35.5. The third-order valence-electron chi connectivity index (χ3n) is 2.19. The number of halogens is 1. The minimum absolute atomic E-state index is 0.163. The van der Waals surface area contributed by atoms with Gasteiger partial charge in [-0.3, -0.25) is 0 Å². The third kappa shape index (κ3) is 1.26. The van der Waals surface area contributed by atoms with Gasteiger partial charge in [0.25, 0.3) is 0 Å². The molecule has 0 radical (unpaired) electrons. The molecule has 72 valence electrons. The van der Waals surface area contributed by atoms with Crippen molar-refractivity contribution in [1.82, 2.24) is 4.98 Å². The first-order valence-corrected chi connectivity index (χ1v) is 4.48. The summed E-state index contributed by atoms with van der Waals surface area (Å²) in [5.41, 5.74) is 1.86. The molecular weight excluding hydrogens is 202 g/mol. The molecule has 0 spiro atoms. The van der Waals surface area contributed by atoms with Crippen LogP contribution in [0, 0.1) is 6.92 Å². The van der Waals surface area contributed by atoms with Gasteiger partial charge in [0, 0.05) is 5.39 Å². The van der Waals surface area contributed by atoms with Gasteiger partial charge < -0.3 is 10.1 Å². The topological polar surface area (TPSA) is 53.1 Å². The van der Waals surface area contributed by atoms with Crippen LogP contribution >= 0.6 is 11.6 Å². The van der Waals surface area contributed by atoms with Crippen LogP contribution in [0.25, 0.3) is 10.9 Å². The maximum Gasteiger partial charge on any atom is 0.352 e. The van der Waals surface area contributed by atoms with Gasteiger partial charge in [-0.1, -0.05) is 17.7 Å². The van der Waals surface area contributed by atoms with Crippen molar-refractivity contribution in [1.29, 1.82) is 0 Å². The van der Waals surface area contributed by atoms with Crippen LogP contribution in [0.3, 0.4) is 0 Å². The first kappa shape index (κ1) is 9.09. The number of carboxylic acid groups (broad SMARTS) is 1. The van der Waals surface area contributed by atoms with E-state index in [0.29, 0.717) is 10.5 Å². The van der Waals surface area contributed by atoms with Crippen LogP contribution in [0.15, 0.2) is 18.2 Å². The van der Waals surface area contributed by atoms with Crippen molar-refractivity contribution >= 4 is 28.5 Å². The summed E-state index contributed by atoms with van der Waals surface area (Å²) in [6.45, 7) is 1.91. The Morgan fingerprint density at radius 1 is 1.50 bits per heavy atom. The first-order valence-electron chi connectivity index (χ1n) is 4.10. The van der Waals surface area contributed by atoms with E-state index in [4.69, 9.17) is 16.7 Å². The second kappa shape index (κ2) is 3.03. The number of hydrogen-bond donors (Lipinski definition) is 2. The van der Waals surface area contributed by atoms with Crippen LogP contribution in [-0.2, 0) is 0 Å².